The number of nitrogens with one attached hydrogen (secondary N) is 2. The third-order valence-corrected chi connectivity index (χ3v) is 3.74. The minimum atomic E-state index is -1.16. The molecule has 4 N–H and O–H groups in total. The van der Waals surface area contributed by atoms with Crippen LogP contribution >= 0.6 is 0 Å². The van der Waals surface area contributed by atoms with E-state index in [0.29, 0.717) is 0 Å². The lowest BCUT2D eigenvalue weighted by Gasteiger charge is -2.17. The minimum Gasteiger partial charge on any atom is -0.368 e. The molecule has 2 aromatic carbocycles. The predicted molar refractivity (Wildman–Crippen MR) is 98.0 cm³/mol. The van der Waals surface area contributed by atoms with Crippen LogP contribution in [-0.2, 0) is 16.0 Å². The molecule has 0 aliphatic carbocycles. The van der Waals surface area contributed by atoms with E-state index in [1.165, 1.54) is 37.3 Å². The number of carbonyl (C=O) groups excluding carboxylic acids is 3. The summed E-state index contributed by atoms with van der Waals surface area (Å²) in [6.45, 7) is 1.30. The molecule has 0 saturated carbocycles. The molecule has 0 aliphatic rings. The summed E-state index contributed by atoms with van der Waals surface area (Å²) in [5, 5.41) is 16.1. The summed E-state index contributed by atoms with van der Waals surface area (Å²) in [5.41, 5.74) is 5.87. The molecule has 0 aliphatic heterocycles. The summed E-state index contributed by atoms with van der Waals surface area (Å²) in [4.78, 5) is 46.2. The third-order valence-electron chi connectivity index (χ3n) is 3.74. The van der Waals surface area contributed by atoms with Crippen LogP contribution in [0.1, 0.15) is 22.8 Å². The van der Waals surface area contributed by atoms with Gasteiger partial charge in [-0.3, -0.25) is 24.5 Å². The number of benzene rings is 2. The lowest BCUT2D eigenvalue weighted by molar-refractivity contribution is -0.385. The smallest absolute Gasteiger partial charge is 0.272 e. The maximum absolute atomic E-state index is 12.6. The number of anilines is 1. The molecular formula is C18H18N4O5. The first-order valence-corrected chi connectivity index (χ1v) is 7.98. The Balaban J connectivity index is 2.25. The van der Waals surface area contributed by atoms with Crippen LogP contribution in [0.3, 0.4) is 0 Å². The molecule has 0 radical (unpaired) electrons. The highest BCUT2D eigenvalue weighted by atomic mass is 16.6. The summed E-state index contributed by atoms with van der Waals surface area (Å²) >= 11 is 0. The number of hydrogen-bond acceptors (Lipinski definition) is 5. The number of carbonyl (C=O) groups is 3. The largest absolute Gasteiger partial charge is 0.368 e. The van der Waals surface area contributed by atoms with Crippen LogP contribution in [0.2, 0.25) is 0 Å². The first-order chi connectivity index (χ1) is 12.8. The number of nitrogens with zero attached hydrogens (tertiary/aromatic N) is 1. The number of nitro groups is 1. The van der Waals surface area contributed by atoms with E-state index in [-0.39, 0.29) is 34.8 Å². The lowest BCUT2D eigenvalue weighted by atomic mass is 10.0. The Bertz CT molecular complexity index is 897. The highest BCUT2D eigenvalue weighted by Gasteiger charge is 2.24. The second-order valence-electron chi connectivity index (χ2n) is 5.75. The topological polar surface area (TPSA) is 144 Å². The molecule has 0 heterocycles. The zero-order valence-electron chi connectivity index (χ0n) is 14.5. The van der Waals surface area contributed by atoms with Crippen LogP contribution in [0.15, 0.2) is 48.5 Å². The van der Waals surface area contributed by atoms with Crippen LogP contribution in [-0.4, -0.2) is 28.7 Å². The highest BCUT2D eigenvalue weighted by molar-refractivity contribution is 6.04. The van der Waals surface area contributed by atoms with E-state index in [2.05, 4.69) is 10.6 Å². The van der Waals surface area contributed by atoms with E-state index >= 15 is 0 Å². The van der Waals surface area contributed by atoms with Gasteiger partial charge in [0, 0.05) is 25.0 Å². The van der Waals surface area contributed by atoms with Gasteiger partial charge in [-0.05, 0) is 12.1 Å². The number of amides is 3. The van der Waals surface area contributed by atoms with Gasteiger partial charge in [0.05, 0.1) is 16.2 Å². The van der Waals surface area contributed by atoms with Crippen molar-refractivity contribution in [1.29, 1.82) is 0 Å². The molecule has 0 spiro atoms. The third kappa shape index (κ3) is 5.11. The molecule has 9 nitrogen and oxygen atoms in total. The van der Waals surface area contributed by atoms with Crippen molar-refractivity contribution in [2.45, 2.75) is 19.4 Å². The first-order valence-electron chi connectivity index (χ1n) is 7.98. The Morgan fingerprint density at radius 1 is 1.11 bits per heavy atom. The molecule has 27 heavy (non-hydrogen) atoms. The average molecular weight is 370 g/mol. The molecule has 3 amide bonds. The van der Waals surface area contributed by atoms with Crippen molar-refractivity contribution < 1.29 is 19.3 Å². The van der Waals surface area contributed by atoms with Crippen molar-refractivity contribution in [3.8, 4) is 0 Å². The number of hydrogen-bond donors (Lipinski definition) is 3. The summed E-state index contributed by atoms with van der Waals surface area (Å²) in [6, 6.07) is 11.0. The van der Waals surface area contributed by atoms with E-state index in [0.717, 1.165) is 0 Å². The molecule has 0 aromatic heterocycles. The number of para-hydroxylation sites is 2. The van der Waals surface area contributed by atoms with Crippen LogP contribution in [0.5, 0.6) is 0 Å². The number of nitrogens with two attached hydrogens (primary N) is 1. The highest BCUT2D eigenvalue weighted by Crippen LogP contribution is 2.20. The van der Waals surface area contributed by atoms with Crippen LogP contribution in [0.25, 0.3) is 0 Å². The number of primary amides is 1. The summed E-state index contributed by atoms with van der Waals surface area (Å²) in [7, 11) is 0. The molecule has 0 unspecified atom stereocenters. The van der Waals surface area contributed by atoms with Crippen molar-refractivity contribution in [2.75, 3.05) is 5.32 Å². The van der Waals surface area contributed by atoms with Gasteiger partial charge in [-0.2, -0.15) is 0 Å². The van der Waals surface area contributed by atoms with Crippen molar-refractivity contribution in [1.82, 2.24) is 5.32 Å². The van der Waals surface area contributed by atoms with Gasteiger partial charge in [0.25, 0.3) is 11.6 Å². The SMILES string of the molecule is CC(=O)Nc1ccccc1C(=O)N[C@@H](Cc1ccccc1[N+](=O)[O-])C(N)=O. The molecule has 0 fully saturated rings. The lowest BCUT2D eigenvalue weighted by Crippen LogP contribution is -2.46. The van der Waals surface area contributed by atoms with E-state index < -0.39 is 22.8 Å². The van der Waals surface area contributed by atoms with Crippen LogP contribution in [0, 0.1) is 10.1 Å². The number of rotatable bonds is 7. The fourth-order valence-electron chi connectivity index (χ4n) is 2.52. The molecule has 140 valence electrons. The Hall–Kier alpha value is -3.75. The van der Waals surface area contributed by atoms with E-state index in [1.54, 1.807) is 18.2 Å². The zero-order valence-corrected chi connectivity index (χ0v) is 14.5. The second-order valence-corrected chi connectivity index (χ2v) is 5.75. The van der Waals surface area contributed by atoms with Crippen molar-refractivity contribution in [3.63, 3.8) is 0 Å². The van der Waals surface area contributed by atoms with Gasteiger partial charge in [-0.1, -0.05) is 30.3 Å². The minimum absolute atomic E-state index is 0.138. The summed E-state index contributed by atoms with van der Waals surface area (Å²) in [6.07, 6.45) is -0.138. The molecule has 1 atom stereocenters. The average Bonchev–Trinajstić information content (AvgIpc) is 2.61. The Morgan fingerprint density at radius 3 is 2.37 bits per heavy atom. The molecule has 0 saturated heterocycles. The maximum atomic E-state index is 12.6. The Morgan fingerprint density at radius 2 is 1.74 bits per heavy atom. The van der Waals surface area contributed by atoms with Gasteiger partial charge in [-0.25, -0.2) is 0 Å². The Labute approximate surface area is 154 Å². The number of nitro benzene ring substituents is 1. The quantitative estimate of drug-likeness (QED) is 0.498. The molecular weight excluding hydrogens is 352 g/mol. The van der Waals surface area contributed by atoms with Gasteiger partial charge in [0.15, 0.2) is 0 Å². The van der Waals surface area contributed by atoms with E-state index in [9.17, 15) is 24.5 Å². The Kier molecular flexibility index (Phi) is 6.21. The fourth-order valence-corrected chi connectivity index (χ4v) is 2.52. The molecule has 9 heteroatoms. The molecule has 0 bridgehead atoms. The van der Waals surface area contributed by atoms with Crippen molar-refractivity contribution in [3.05, 3.63) is 69.8 Å². The van der Waals surface area contributed by atoms with Gasteiger partial charge in [0.1, 0.15) is 6.04 Å². The molecule has 2 rings (SSSR count). The monoisotopic (exact) mass is 370 g/mol. The van der Waals surface area contributed by atoms with Crippen LogP contribution < -0.4 is 16.4 Å². The van der Waals surface area contributed by atoms with E-state index in [1.807, 2.05) is 0 Å². The maximum Gasteiger partial charge on any atom is 0.272 e. The van der Waals surface area contributed by atoms with Crippen LogP contribution in [0.4, 0.5) is 11.4 Å². The normalized spacial score (nSPS) is 11.3. The second kappa shape index (κ2) is 8.56. The van der Waals surface area contributed by atoms with Gasteiger partial charge in [0.2, 0.25) is 11.8 Å². The van der Waals surface area contributed by atoms with Crippen molar-refractivity contribution in [2.24, 2.45) is 5.73 Å². The summed E-state index contributed by atoms with van der Waals surface area (Å²) in [5.74, 6) is -1.83. The standard InChI is InChI=1S/C18H18N4O5/c1-11(23)20-14-8-4-3-7-13(14)18(25)21-15(17(19)24)10-12-6-2-5-9-16(12)22(26)27/h2-9,15H,10H2,1H3,(H2,19,24)(H,20,23)(H,21,25)/t15-/m0/s1. The predicted octanol–water partition coefficient (Wildman–Crippen LogP) is 1.38. The fraction of sp³-hybridized carbons (Fsp3) is 0.167. The van der Waals surface area contributed by atoms with Gasteiger partial charge < -0.3 is 16.4 Å². The first kappa shape index (κ1) is 19.6. The zero-order chi connectivity index (χ0) is 20.0. The van der Waals surface area contributed by atoms with Crippen molar-refractivity contribution >= 4 is 29.1 Å². The van der Waals surface area contributed by atoms with Gasteiger partial charge >= 0.3 is 0 Å². The summed E-state index contributed by atoms with van der Waals surface area (Å²) < 4.78 is 0. The van der Waals surface area contributed by atoms with E-state index in [4.69, 9.17) is 5.73 Å². The molecule has 2 aromatic rings. The van der Waals surface area contributed by atoms with Gasteiger partial charge in [-0.15, -0.1) is 0 Å².